The minimum atomic E-state index is 0.993. The highest BCUT2D eigenvalue weighted by Crippen LogP contribution is 2.18. The molecule has 0 radical (unpaired) electrons. The summed E-state index contributed by atoms with van der Waals surface area (Å²) in [5.41, 5.74) is 7.21. The molecule has 1 saturated heterocycles. The Bertz CT molecular complexity index is 228. The molecular formula is C8H12BrN3. The summed E-state index contributed by atoms with van der Waals surface area (Å²) < 4.78 is 0.993. The Balaban J connectivity index is 2.07. The second kappa shape index (κ2) is 3.39. The van der Waals surface area contributed by atoms with Gasteiger partial charge in [0.05, 0.1) is 10.3 Å². The van der Waals surface area contributed by atoms with E-state index >= 15 is 0 Å². The Labute approximate surface area is 80.6 Å². The smallest absolute Gasteiger partial charge is 0.0987 e. The summed E-state index contributed by atoms with van der Waals surface area (Å²) in [5.74, 6) is 0. The molecule has 3 nitrogen and oxygen atoms in total. The van der Waals surface area contributed by atoms with Gasteiger partial charge in [-0.05, 0) is 34.8 Å². The summed E-state index contributed by atoms with van der Waals surface area (Å²) in [6.45, 7) is 2.37. The number of nitrogens with one attached hydrogen (secondary N) is 2. The van der Waals surface area contributed by atoms with Crippen molar-refractivity contribution in [3.63, 3.8) is 0 Å². The van der Waals surface area contributed by atoms with Crippen molar-refractivity contribution in [2.75, 3.05) is 13.1 Å². The van der Waals surface area contributed by atoms with E-state index in [1.165, 1.54) is 31.6 Å². The normalized spacial score (nSPS) is 22.6. The number of rotatable bonds is 1. The number of hydrazine groups is 1. The van der Waals surface area contributed by atoms with Crippen LogP contribution in [0.15, 0.2) is 22.6 Å². The van der Waals surface area contributed by atoms with E-state index in [-0.39, 0.29) is 0 Å². The van der Waals surface area contributed by atoms with Crippen molar-refractivity contribution in [1.82, 2.24) is 15.8 Å². The van der Waals surface area contributed by atoms with Crippen molar-refractivity contribution in [1.29, 1.82) is 0 Å². The number of allylic oxidation sites excluding steroid dienone is 1. The number of nitrogens with zero attached hydrogens (tertiary/aromatic N) is 1. The fourth-order valence-corrected chi connectivity index (χ4v) is 1.89. The third-order valence-electron chi connectivity index (χ3n) is 2.16. The van der Waals surface area contributed by atoms with Crippen molar-refractivity contribution in [3.8, 4) is 0 Å². The number of hydrogen-bond acceptors (Lipinski definition) is 3. The molecule has 1 fully saturated rings. The van der Waals surface area contributed by atoms with Gasteiger partial charge in [0.2, 0.25) is 0 Å². The van der Waals surface area contributed by atoms with Gasteiger partial charge >= 0.3 is 0 Å². The lowest BCUT2D eigenvalue weighted by Crippen LogP contribution is -2.31. The molecule has 2 heterocycles. The van der Waals surface area contributed by atoms with Crippen LogP contribution in [0.25, 0.3) is 0 Å². The van der Waals surface area contributed by atoms with E-state index in [4.69, 9.17) is 0 Å². The third-order valence-corrected chi connectivity index (χ3v) is 2.58. The molecule has 2 N–H and O–H groups in total. The maximum atomic E-state index is 3.40. The predicted octanol–water partition coefficient (Wildman–Crippen LogP) is 1.27. The van der Waals surface area contributed by atoms with E-state index in [1.807, 2.05) is 6.20 Å². The summed E-state index contributed by atoms with van der Waals surface area (Å²) in [4.78, 5) is 2.38. The van der Waals surface area contributed by atoms with Crippen LogP contribution in [-0.4, -0.2) is 18.0 Å². The molecule has 0 bridgehead atoms. The lowest BCUT2D eigenvalue weighted by Gasteiger charge is -2.22. The van der Waals surface area contributed by atoms with Gasteiger partial charge in [0, 0.05) is 19.3 Å². The second-order valence-electron chi connectivity index (χ2n) is 3.02. The molecule has 0 saturated carbocycles. The Hall–Kier alpha value is -0.640. The summed E-state index contributed by atoms with van der Waals surface area (Å²) in [5, 5.41) is 0. The largest absolute Gasteiger partial charge is 0.370 e. The highest BCUT2D eigenvalue weighted by Gasteiger charge is 2.14. The molecule has 0 spiro atoms. The summed E-state index contributed by atoms with van der Waals surface area (Å²) >= 11 is 3.40. The summed E-state index contributed by atoms with van der Waals surface area (Å²) in [6, 6.07) is 0. The molecule has 0 aromatic rings. The molecule has 0 unspecified atom stereocenters. The first-order valence-electron chi connectivity index (χ1n) is 4.20. The first kappa shape index (κ1) is 7.98. The van der Waals surface area contributed by atoms with E-state index in [9.17, 15) is 0 Å². The van der Waals surface area contributed by atoms with Crippen LogP contribution in [0.2, 0.25) is 0 Å². The van der Waals surface area contributed by atoms with Crippen LogP contribution in [0, 0.1) is 0 Å². The van der Waals surface area contributed by atoms with Crippen LogP contribution >= 0.6 is 15.9 Å². The van der Waals surface area contributed by atoms with Crippen LogP contribution < -0.4 is 10.9 Å². The fourth-order valence-electron chi connectivity index (χ4n) is 1.54. The van der Waals surface area contributed by atoms with Gasteiger partial charge in [0.15, 0.2) is 0 Å². The summed E-state index contributed by atoms with van der Waals surface area (Å²) in [6.07, 6.45) is 6.73. The molecule has 0 aliphatic carbocycles. The Morgan fingerprint density at radius 3 is 2.75 bits per heavy atom. The molecule has 0 amide bonds. The van der Waals surface area contributed by atoms with E-state index < -0.39 is 0 Å². The topological polar surface area (TPSA) is 27.3 Å². The molecule has 0 atom stereocenters. The SMILES string of the molecule is BrC1=CC(N2CCCC2)=CNN1. The number of hydrogen-bond donors (Lipinski definition) is 2. The third kappa shape index (κ3) is 1.58. The Morgan fingerprint density at radius 2 is 2.08 bits per heavy atom. The molecule has 2 aliphatic rings. The molecular weight excluding hydrogens is 218 g/mol. The Kier molecular flexibility index (Phi) is 2.26. The molecule has 4 heteroatoms. The monoisotopic (exact) mass is 229 g/mol. The quantitative estimate of drug-likeness (QED) is 0.664. The highest BCUT2D eigenvalue weighted by atomic mass is 79.9. The van der Waals surface area contributed by atoms with Crippen LogP contribution in [0.1, 0.15) is 12.8 Å². The molecule has 12 heavy (non-hydrogen) atoms. The van der Waals surface area contributed by atoms with Crippen molar-refractivity contribution in [2.45, 2.75) is 12.8 Å². The molecule has 0 aromatic carbocycles. The van der Waals surface area contributed by atoms with Gasteiger partial charge in [-0.15, -0.1) is 0 Å². The van der Waals surface area contributed by atoms with Crippen molar-refractivity contribution < 1.29 is 0 Å². The molecule has 2 rings (SSSR count). The van der Waals surface area contributed by atoms with Crippen molar-refractivity contribution in [3.05, 3.63) is 22.6 Å². The number of halogens is 1. The minimum absolute atomic E-state index is 0.993. The van der Waals surface area contributed by atoms with Gasteiger partial charge in [0.25, 0.3) is 0 Å². The molecule has 2 aliphatic heterocycles. The average molecular weight is 230 g/mol. The zero-order valence-corrected chi connectivity index (χ0v) is 8.39. The first-order valence-corrected chi connectivity index (χ1v) is 4.99. The fraction of sp³-hybridized carbons (Fsp3) is 0.500. The van der Waals surface area contributed by atoms with Crippen LogP contribution in [-0.2, 0) is 0 Å². The van der Waals surface area contributed by atoms with Gasteiger partial charge in [-0.3, -0.25) is 5.43 Å². The zero-order valence-electron chi connectivity index (χ0n) is 6.81. The first-order chi connectivity index (χ1) is 5.86. The average Bonchev–Trinajstić information content (AvgIpc) is 2.56. The maximum absolute atomic E-state index is 3.40. The van der Waals surface area contributed by atoms with Gasteiger partial charge < -0.3 is 10.3 Å². The zero-order chi connectivity index (χ0) is 8.39. The maximum Gasteiger partial charge on any atom is 0.0987 e. The van der Waals surface area contributed by atoms with Gasteiger partial charge in [-0.1, -0.05) is 0 Å². The second-order valence-corrected chi connectivity index (χ2v) is 3.88. The lowest BCUT2D eigenvalue weighted by molar-refractivity contribution is 0.431. The molecule has 0 aromatic heterocycles. The van der Waals surface area contributed by atoms with Crippen LogP contribution in [0.5, 0.6) is 0 Å². The van der Waals surface area contributed by atoms with Crippen LogP contribution in [0.4, 0.5) is 0 Å². The van der Waals surface area contributed by atoms with E-state index in [2.05, 4.69) is 37.8 Å². The predicted molar refractivity (Wildman–Crippen MR) is 52.2 cm³/mol. The molecule has 66 valence electrons. The van der Waals surface area contributed by atoms with Crippen molar-refractivity contribution in [2.24, 2.45) is 0 Å². The van der Waals surface area contributed by atoms with E-state index in [0.29, 0.717) is 0 Å². The van der Waals surface area contributed by atoms with Crippen LogP contribution in [0.3, 0.4) is 0 Å². The van der Waals surface area contributed by atoms with Crippen molar-refractivity contribution >= 4 is 15.9 Å². The number of likely N-dealkylation sites (tertiary alicyclic amines) is 1. The van der Waals surface area contributed by atoms with E-state index in [1.54, 1.807) is 0 Å². The minimum Gasteiger partial charge on any atom is -0.370 e. The van der Waals surface area contributed by atoms with E-state index in [0.717, 1.165) is 4.61 Å². The van der Waals surface area contributed by atoms with Gasteiger partial charge in [-0.2, -0.15) is 0 Å². The Morgan fingerprint density at radius 1 is 1.33 bits per heavy atom. The van der Waals surface area contributed by atoms with Gasteiger partial charge in [-0.25, -0.2) is 0 Å². The summed E-state index contributed by atoms with van der Waals surface area (Å²) in [7, 11) is 0. The lowest BCUT2D eigenvalue weighted by atomic mass is 10.4. The van der Waals surface area contributed by atoms with Gasteiger partial charge in [0.1, 0.15) is 0 Å². The highest BCUT2D eigenvalue weighted by molar-refractivity contribution is 9.11. The standard InChI is InChI=1S/C8H12BrN3/c9-8-5-7(6-10-11-8)12-3-1-2-4-12/h5-6,10-11H,1-4H2.